The Morgan fingerprint density at radius 3 is 1.08 bits per heavy atom. The Morgan fingerprint density at radius 2 is 0.731 bits per heavy atom. The summed E-state index contributed by atoms with van der Waals surface area (Å²) in [4.78, 5) is 0. The molecule has 0 fully saturated rings. The first kappa shape index (κ1) is 31.6. The predicted molar refractivity (Wildman–Crippen MR) is 211 cm³/mol. The lowest BCUT2D eigenvalue weighted by molar-refractivity contribution is 0.199. The van der Waals surface area contributed by atoms with Crippen molar-refractivity contribution in [3.63, 3.8) is 0 Å². The molecule has 0 radical (unpaired) electrons. The van der Waals surface area contributed by atoms with Crippen LogP contribution in [0.15, 0.2) is 158 Å². The van der Waals surface area contributed by atoms with Crippen LogP contribution in [0.5, 0.6) is 11.5 Å². The standard InChI is InChI=1S/C46H36N2O4/c49-23-25-51-45-30-40(32-12-10-14-34(28-32)48-43-21-7-3-17-37(43)38-18-4-8-22-44(38)48)46(52-26-24-50)29-39(45)31-11-9-13-33(27-31)47-41-19-5-1-15-35(41)36-16-2-6-20-42(36)47/h1-22,27-30,49-50H,23-26H2. The van der Waals surface area contributed by atoms with Crippen LogP contribution in [0, 0.1) is 0 Å². The van der Waals surface area contributed by atoms with Gasteiger partial charge < -0.3 is 28.8 Å². The lowest BCUT2D eigenvalue weighted by Crippen LogP contribution is -2.06. The van der Waals surface area contributed by atoms with Gasteiger partial charge in [0.25, 0.3) is 0 Å². The molecule has 9 aromatic rings. The van der Waals surface area contributed by atoms with Crippen molar-refractivity contribution in [2.24, 2.45) is 0 Å². The van der Waals surface area contributed by atoms with Gasteiger partial charge in [-0.3, -0.25) is 0 Å². The third kappa shape index (κ3) is 5.37. The second-order valence-corrected chi connectivity index (χ2v) is 12.8. The average molecular weight is 681 g/mol. The number of hydrogen-bond acceptors (Lipinski definition) is 4. The lowest BCUT2D eigenvalue weighted by Gasteiger charge is -2.19. The summed E-state index contributed by atoms with van der Waals surface area (Å²) in [6, 6.07) is 54.7. The van der Waals surface area contributed by atoms with E-state index in [0.717, 1.165) is 55.7 Å². The largest absolute Gasteiger partial charge is 0.491 e. The van der Waals surface area contributed by atoms with Crippen LogP contribution in [0.3, 0.4) is 0 Å². The minimum Gasteiger partial charge on any atom is -0.491 e. The van der Waals surface area contributed by atoms with Crippen LogP contribution in [-0.4, -0.2) is 45.8 Å². The number of fused-ring (bicyclic) bond motifs is 6. The van der Waals surface area contributed by atoms with Gasteiger partial charge in [0, 0.05) is 44.0 Å². The van der Waals surface area contributed by atoms with Crippen molar-refractivity contribution in [3.8, 4) is 45.1 Å². The van der Waals surface area contributed by atoms with Crippen LogP contribution in [0.4, 0.5) is 0 Å². The summed E-state index contributed by atoms with van der Waals surface area (Å²) < 4.78 is 17.2. The third-order valence-corrected chi connectivity index (χ3v) is 9.77. The van der Waals surface area contributed by atoms with Crippen molar-refractivity contribution in [1.82, 2.24) is 9.13 Å². The maximum absolute atomic E-state index is 9.85. The molecule has 52 heavy (non-hydrogen) atoms. The van der Waals surface area contributed by atoms with E-state index < -0.39 is 0 Å². The SMILES string of the molecule is OCCOc1cc(-c2cccc(-n3c4ccccc4c4ccccc43)c2)c(OCCO)cc1-c1cccc(-n2c3ccccc3c3ccccc32)c1. The first-order valence-corrected chi connectivity index (χ1v) is 17.6. The fourth-order valence-electron chi connectivity index (χ4n) is 7.59. The van der Waals surface area contributed by atoms with Crippen LogP contribution in [0.25, 0.3) is 77.2 Å². The highest BCUT2D eigenvalue weighted by Gasteiger charge is 2.19. The Balaban J connectivity index is 1.21. The molecule has 254 valence electrons. The van der Waals surface area contributed by atoms with Crippen LogP contribution in [0.2, 0.25) is 0 Å². The molecule has 2 heterocycles. The number of rotatable bonds is 10. The summed E-state index contributed by atoms with van der Waals surface area (Å²) in [6.07, 6.45) is 0. The predicted octanol–water partition coefficient (Wildman–Crippen LogP) is 9.96. The minimum absolute atomic E-state index is 0.123. The minimum atomic E-state index is -0.123. The molecule has 2 N–H and O–H groups in total. The van der Waals surface area contributed by atoms with Crippen molar-refractivity contribution >= 4 is 43.6 Å². The number of benzene rings is 7. The Kier molecular flexibility index (Phi) is 8.16. The van der Waals surface area contributed by atoms with Crippen molar-refractivity contribution in [2.75, 3.05) is 26.4 Å². The van der Waals surface area contributed by atoms with Crippen molar-refractivity contribution in [1.29, 1.82) is 0 Å². The summed E-state index contributed by atoms with van der Waals surface area (Å²) in [5.41, 5.74) is 10.1. The lowest BCUT2D eigenvalue weighted by atomic mass is 9.97. The topological polar surface area (TPSA) is 68.8 Å². The molecule has 7 aromatic carbocycles. The van der Waals surface area contributed by atoms with Crippen molar-refractivity contribution in [2.45, 2.75) is 0 Å². The molecule has 2 aromatic heterocycles. The van der Waals surface area contributed by atoms with Crippen molar-refractivity contribution < 1.29 is 19.7 Å². The maximum atomic E-state index is 9.85. The quantitative estimate of drug-likeness (QED) is 0.151. The Labute approximate surface area is 301 Å². The van der Waals surface area contributed by atoms with Gasteiger partial charge in [-0.15, -0.1) is 0 Å². The molecule has 6 nitrogen and oxygen atoms in total. The van der Waals surface area contributed by atoms with E-state index >= 15 is 0 Å². The van der Waals surface area contributed by atoms with Gasteiger partial charge in [-0.2, -0.15) is 0 Å². The first-order chi connectivity index (χ1) is 25.7. The number of aromatic nitrogens is 2. The molecule has 0 amide bonds. The van der Waals surface area contributed by atoms with Crippen LogP contribution in [0.1, 0.15) is 0 Å². The fraction of sp³-hybridized carbons (Fsp3) is 0.0870. The fourth-order valence-corrected chi connectivity index (χ4v) is 7.59. The van der Waals surface area contributed by atoms with Gasteiger partial charge in [0.1, 0.15) is 24.7 Å². The number of aliphatic hydroxyl groups excluding tert-OH is 2. The van der Waals surface area contributed by atoms with E-state index in [9.17, 15) is 10.2 Å². The summed E-state index contributed by atoms with van der Waals surface area (Å²) in [5, 5.41) is 24.5. The maximum Gasteiger partial charge on any atom is 0.128 e. The molecule has 9 rings (SSSR count). The highest BCUT2D eigenvalue weighted by atomic mass is 16.5. The van der Waals surface area contributed by atoms with Crippen molar-refractivity contribution in [3.05, 3.63) is 158 Å². The molecular formula is C46H36N2O4. The zero-order chi connectivity index (χ0) is 35.0. The summed E-state index contributed by atoms with van der Waals surface area (Å²) in [6.45, 7) is 0.0266. The zero-order valence-electron chi connectivity index (χ0n) is 28.4. The summed E-state index contributed by atoms with van der Waals surface area (Å²) in [7, 11) is 0. The van der Waals surface area contributed by atoms with Crippen LogP contribution < -0.4 is 9.47 Å². The van der Waals surface area contributed by atoms with E-state index in [1.807, 2.05) is 12.1 Å². The smallest absolute Gasteiger partial charge is 0.128 e. The van der Waals surface area contributed by atoms with Gasteiger partial charge in [0.15, 0.2) is 0 Å². The molecule has 0 bridgehead atoms. The number of para-hydroxylation sites is 4. The van der Waals surface area contributed by atoms with Gasteiger partial charge in [-0.05, 0) is 71.8 Å². The van der Waals surface area contributed by atoms with Gasteiger partial charge in [-0.25, -0.2) is 0 Å². The molecule has 0 aliphatic heterocycles. The molecule has 0 saturated heterocycles. The first-order valence-electron chi connectivity index (χ1n) is 17.6. The molecule has 0 aliphatic rings. The highest BCUT2D eigenvalue weighted by molar-refractivity contribution is 6.10. The van der Waals surface area contributed by atoms with Gasteiger partial charge in [0.05, 0.1) is 35.3 Å². The van der Waals surface area contributed by atoms with E-state index in [4.69, 9.17) is 9.47 Å². The number of nitrogens with zero attached hydrogens (tertiary/aromatic N) is 2. The highest BCUT2D eigenvalue weighted by Crippen LogP contribution is 2.43. The number of hydrogen-bond donors (Lipinski definition) is 2. The third-order valence-electron chi connectivity index (χ3n) is 9.77. The molecule has 6 heteroatoms. The molecule has 0 atom stereocenters. The molecule has 0 aliphatic carbocycles. The van der Waals surface area contributed by atoms with Crippen LogP contribution >= 0.6 is 0 Å². The molecule has 0 saturated carbocycles. The Morgan fingerprint density at radius 1 is 0.385 bits per heavy atom. The van der Waals surface area contributed by atoms with E-state index in [1.165, 1.54) is 21.5 Å². The number of aliphatic hydroxyl groups is 2. The van der Waals surface area contributed by atoms with Gasteiger partial charge in [0.2, 0.25) is 0 Å². The number of ether oxygens (including phenoxy) is 2. The van der Waals surface area contributed by atoms with E-state index in [0.29, 0.717) is 11.5 Å². The van der Waals surface area contributed by atoms with Gasteiger partial charge >= 0.3 is 0 Å². The molecular weight excluding hydrogens is 645 g/mol. The average Bonchev–Trinajstić information content (AvgIpc) is 3.72. The van der Waals surface area contributed by atoms with Gasteiger partial charge in [-0.1, -0.05) is 97.1 Å². The second kappa shape index (κ2) is 13.4. The monoisotopic (exact) mass is 680 g/mol. The van der Waals surface area contributed by atoms with Crippen LogP contribution in [-0.2, 0) is 0 Å². The summed E-state index contributed by atoms with van der Waals surface area (Å²) in [5.74, 6) is 1.25. The van der Waals surface area contributed by atoms with E-state index in [2.05, 4.69) is 155 Å². The second-order valence-electron chi connectivity index (χ2n) is 12.8. The molecule has 0 spiro atoms. The van der Waals surface area contributed by atoms with E-state index in [-0.39, 0.29) is 26.4 Å². The Hall–Kier alpha value is -6.34. The normalized spacial score (nSPS) is 11.6. The molecule has 0 unspecified atom stereocenters. The Bertz CT molecular complexity index is 2450. The zero-order valence-corrected chi connectivity index (χ0v) is 28.4. The summed E-state index contributed by atoms with van der Waals surface area (Å²) >= 11 is 0. The van der Waals surface area contributed by atoms with E-state index in [1.54, 1.807) is 0 Å².